The molecule has 0 radical (unpaired) electrons. The monoisotopic (exact) mass is 401 g/mol. The number of fused-ring (bicyclic) bond motifs is 2. The summed E-state index contributed by atoms with van der Waals surface area (Å²) < 4.78 is 4.21. The summed E-state index contributed by atoms with van der Waals surface area (Å²) in [5.74, 6) is -0.0659. The van der Waals surface area contributed by atoms with E-state index in [1.54, 1.807) is 6.20 Å². The highest BCUT2D eigenvalue weighted by Crippen LogP contribution is 2.32. The second kappa shape index (κ2) is 7.59. The van der Waals surface area contributed by atoms with Gasteiger partial charge in [0, 0.05) is 30.5 Å². The number of benzene rings is 1. The number of carbonyl (C=O) groups is 1. The second-order valence-electron chi connectivity index (χ2n) is 8.40. The van der Waals surface area contributed by atoms with Crippen molar-refractivity contribution < 1.29 is 4.79 Å². The van der Waals surface area contributed by atoms with Gasteiger partial charge in [0.05, 0.1) is 23.2 Å². The van der Waals surface area contributed by atoms with Crippen LogP contribution >= 0.6 is 0 Å². The number of nitrogens with one attached hydrogen (secondary N) is 1. The van der Waals surface area contributed by atoms with Crippen LogP contribution in [0, 0.1) is 13.8 Å². The molecule has 1 amide bonds. The third-order valence-corrected chi connectivity index (χ3v) is 6.17. The van der Waals surface area contributed by atoms with Crippen molar-refractivity contribution in [1.29, 1.82) is 0 Å². The molecule has 3 aromatic heterocycles. The normalized spacial score (nSPS) is 14.7. The predicted octanol–water partition coefficient (Wildman–Crippen LogP) is 4.55. The average molecular weight is 402 g/mol. The molecule has 30 heavy (non-hydrogen) atoms. The molecule has 1 fully saturated rings. The Morgan fingerprint density at radius 1 is 1.17 bits per heavy atom. The molecular weight excluding hydrogens is 374 g/mol. The number of carbonyl (C=O) groups excluding carboxylic acids is 1. The first-order chi connectivity index (χ1) is 14.6. The van der Waals surface area contributed by atoms with Crippen LogP contribution in [0.4, 0.5) is 0 Å². The Morgan fingerprint density at radius 3 is 2.83 bits per heavy atom. The topological polar surface area (TPSA) is 64.7 Å². The Morgan fingerprint density at radius 2 is 2.00 bits per heavy atom. The summed E-state index contributed by atoms with van der Waals surface area (Å²) in [7, 11) is 0. The highest BCUT2D eigenvalue weighted by atomic mass is 16.1. The zero-order valence-corrected chi connectivity index (χ0v) is 17.6. The molecule has 5 rings (SSSR count). The van der Waals surface area contributed by atoms with Gasteiger partial charge in [-0.1, -0.05) is 24.5 Å². The third-order valence-electron chi connectivity index (χ3n) is 6.17. The molecular formula is C24H27N5O. The number of hydrogen-bond acceptors (Lipinski definition) is 3. The summed E-state index contributed by atoms with van der Waals surface area (Å²) in [6.45, 7) is 5.34. The van der Waals surface area contributed by atoms with Crippen LogP contribution in [-0.2, 0) is 6.54 Å². The van der Waals surface area contributed by atoms with Gasteiger partial charge in [-0.25, -0.2) is 9.67 Å². The second-order valence-corrected chi connectivity index (χ2v) is 8.40. The van der Waals surface area contributed by atoms with Crippen molar-refractivity contribution in [2.75, 3.05) is 6.54 Å². The zero-order valence-electron chi connectivity index (χ0n) is 17.6. The molecule has 0 bridgehead atoms. The van der Waals surface area contributed by atoms with Crippen LogP contribution in [0.5, 0.6) is 0 Å². The molecule has 6 nitrogen and oxygen atoms in total. The van der Waals surface area contributed by atoms with Gasteiger partial charge >= 0.3 is 0 Å². The number of rotatable bonds is 5. The summed E-state index contributed by atoms with van der Waals surface area (Å²) >= 11 is 0. The van der Waals surface area contributed by atoms with Crippen molar-refractivity contribution in [2.45, 2.75) is 52.1 Å². The SMILES string of the molecule is Cc1ccc2c(ccn2CCNC(=O)c2cc(C)nc3c2cnn3C2CCCC2)c1. The van der Waals surface area contributed by atoms with Gasteiger partial charge in [0.1, 0.15) is 0 Å². The fraction of sp³-hybridized carbons (Fsp3) is 0.375. The predicted molar refractivity (Wildman–Crippen MR) is 119 cm³/mol. The summed E-state index contributed by atoms with van der Waals surface area (Å²) in [4.78, 5) is 17.7. The molecule has 0 aliphatic heterocycles. The lowest BCUT2D eigenvalue weighted by Gasteiger charge is -2.12. The molecule has 1 aliphatic carbocycles. The largest absolute Gasteiger partial charge is 0.350 e. The van der Waals surface area contributed by atoms with Gasteiger partial charge in [0.15, 0.2) is 5.65 Å². The number of aromatic nitrogens is 4. The molecule has 3 heterocycles. The van der Waals surface area contributed by atoms with Crippen LogP contribution in [-0.4, -0.2) is 31.8 Å². The molecule has 154 valence electrons. The standard InChI is InChI=1S/C24H27N5O/c1-16-7-8-22-18(13-16)9-11-28(22)12-10-25-24(30)20-14-17(2)27-23-21(20)15-26-29(23)19-5-3-4-6-19/h7-9,11,13-15,19H,3-6,10,12H2,1-2H3,(H,25,30). The average Bonchev–Trinajstić information content (AvgIpc) is 3.46. The van der Waals surface area contributed by atoms with E-state index in [4.69, 9.17) is 4.98 Å². The molecule has 0 spiro atoms. The van der Waals surface area contributed by atoms with Gasteiger partial charge in [-0.15, -0.1) is 0 Å². The summed E-state index contributed by atoms with van der Waals surface area (Å²) in [5, 5.41) is 9.75. The van der Waals surface area contributed by atoms with E-state index in [-0.39, 0.29) is 5.91 Å². The van der Waals surface area contributed by atoms with Crippen molar-refractivity contribution in [3.05, 3.63) is 59.5 Å². The van der Waals surface area contributed by atoms with Crippen LogP contribution in [0.1, 0.15) is 53.3 Å². The molecule has 1 saturated carbocycles. The van der Waals surface area contributed by atoms with Crippen molar-refractivity contribution in [3.63, 3.8) is 0 Å². The molecule has 4 aromatic rings. The zero-order chi connectivity index (χ0) is 20.7. The molecule has 1 aliphatic rings. The molecule has 6 heteroatoms. The fourth-order valence-electron chi connectivity index (χ4n) is 4.65. The lowest BCUT2D eigenvalue weighted by atomic mass is 10.1. The molecule has 0 unspecified atom stereocenters. The maximum atomic E-state index is 13.0. The van der Waals surface area contributed by atoms with Gasteiger partial charge in [-0.3, -0.25) is 4.79 Å². The Labute approximate surface area is 175 Å². The first-order valence-electron chi connectivity index (χ1n) is 10.8. The molecule has 1 aromatic carbocycles. The quantitative estimate of drug-likeness (QED) is 0.534. The highest BCUT2D eigenvalue weighted by Gasteiger charge is 2.22. The number of aryl methyl sites for hydroxylation is 2. The van der Waals surface area contributed by atoms with E-state index >= 15 is 0 Å². The number of amides is 1. The Bertz CT molecular complexity index is 1230. The minimum absolute atomic E-state index is 0.0659. The molecule has 0 atom stereocenters. The highest BCUT2D eigenvalue weighted by molar-refractivity contribution is 6.05. The minimum Gasteiger partial charge on any atom is -0.350 e. The third kappa shape index (κ3) is 3.36. The first-order valence-corrected chi connectivity index (χ1v) is 10.8. The van der Waals surface area contributed by atoms with Crippen molar-refractivity contribution in [1.82, 2.24) is 24.6 Å². The Kier molecular flexibility index (Phi) is 4.77. The Balaban J connectivity index is 1.34. The van der Waals surface area contributed by atoms with Crippen LogP contribution < -0.4 is 5.32 Å². The molecule has 0 saturated heterocycles. The minimum atomic E-state index is -0.0659. The smallest absolute Gasteiger partial charge is 0.252 e. The summed E-state index contributed by atoms with van der Waals surface area (Å²) in [6, 6.07) is 10.8. The first kappa shape index (κ1) is 18.9. The van der Waals surface area contributed by atoms with E-state index in [2.05, 4.69) is 52.4 Å². The van der Waals surface area contributed by atoms with Gasteiger partial charge < -0.3 is 9.88 Å². The summed E-state index contributed by atoms with van der Waals surface area (Å²) in [5.41, 5.74) is 4.78. The maximum absolute atomic E-state index is 13.0. The van der Waals surface area contributed by atoms with E-state index in [0.29, 0.717) is 18.2 Å². The maximum Gasteiger partial charge on any atom is 0.252 e. The fourth-order valence-corrected chi connectivity index (χ4v) is 4.65. The molecule has 1 N–H and O–H groups in total. The van der Waals surface area contributed by atoms with Crippen LogP contribution in [0.2, 0.25) is 0 Å². The van der Waals surface area contributed by atoms with E-state index in [0.717, 1.165) is 36.1 Å². The van der Waals surface area contributed by atoms with E-state index in [1.807, 2.05) is 17.7 Å². The van der Waals surface area contributed by atoms with Crippen molar-refractivity contribution >= 4 is 27.8 Å². The van der Waals surface area contributed by atoms with Gasteiger partial charge in [0.25, 0.3) is 5.91 Å². The number of nitrogens with zero attached hydrogens (tertiary/aromatic N) is 4. The van der Waals surface area contributed by atoms with Crippen LogP contribution in [0.15, 0.2) is 42.7 Å². The van der Waals surface area contributed by atoms with E-state index < -0.39 is 0 Å². The van der Waals surface area contributed by atoms with Crippen LogP contribution in [0.3, 0.4) is 0 Å². The van der Waals surface area contributed by atoms with Gasteiger partial charge in [-0.05, 0) is 56.3 Å². The van der Waals surface area contributed by atoms with Crippen molar-refractivity contribution in [3.8, 4) is 0 Å². The van der Waals surface area contributed by atoms with Gasteiger partial charge in [-0.2, -0.15) is 5.10 Å². The summed E-state index contributed by atoms with van der Waals surface area (Å²) in [6.07, 6.45) is 8.63. The van der Waals surface area contributed by atoms with Crippen molar-refractivity contribution in [2.24, 2.45) is 0 Å². The Hall–Kier alpha value is -3.15. The van der Waals surface area contributed by atoms with Gasteiger partial charge in [0.2, 0.25) is 0 Å². The van der Waals surface area contributed by atoms with Crippen LogP contribution in [0.25, 0.3) is 21.9 Å². The number of pyridine rings is 1. The van der Waals surface area contributed by atoms with E-state index in [9.17, 15) is 4.79 Å². The van der Waals surface area contributed by atoms with E-state index in [1.165, 1.54) is 29.3 Å². The lowest BCUT2D eigenvalue weighted by molar-refractivity contribution is 0.0954. The lowest BCUT2D eigenvalue weighted by Crippen LogP contribution is -2.27. The number of hydrogen-bond donors (Lipinski definition) is 1.